The molecule has 0 saturated carbocycles. The number of aliphatic hydroxyl groups excluding tert-OH is 2. The van der Waals surface area contributed by atoms with Gasteiger partial charge in [-0.05, 0) is 42.5 Å². The van der Waals surface area contributed by atoms with Crippen LogP contribution in [0, 0.1) is 0 Å². The third-order valence-electron chi connectivity index (χ3n) is 6.84. The van der Waals surface area contributed by atoms with E-state index >= 15 is 0 Å². The van der Waals surface area contributed by atoms with Crippen molar-refractivity contribution in [2.75, 3.05) is 25.0 Å². The lowest BCUT2D eigenvalue weighted by Gasteiger charge is -2.37. The van der Waals surface area contributed by atoms with Gasteiger partial charge < -0.3 is 30.1 Å². The minimum absolute atomic E-state index is 0.0112. The molecule has 0 radical (unpaired) electrons. The highest BCUT2D eigenvalue weighted by Gasteiger charge is 2.34. The van der Waals surface area contributed by atoms with E-state index in [0.29, 0.717) is 38.0 Å². The summed E-state index contributed by atoms with van der Waals surface area (Å²) in [5.74, 6) is -1.00. The summed E-state index contributed by atoms with van der Waals surface area (Å²) >= 11 is 0. The maximum absolute atomic E-state index is 12.2. The molecule has 2 aromatic carbocycles. The minimum atomic E-state index is -0.854. The SMILES string of the molecule is O=C(O)CCCCC(=O)Nc1ccc([C@@H]2O[C@H](CN3CC[C@H](O)C3)C[C@H](c3ccc(CO)cc3)O2)cc1. The van der Waals surface area contributed by atoms with Crippen molar-refractivity contribution in [3.05, 3.63) is 65.2 Å². The first-order valence-corrected chi connectivity index (χ1v) is 12.9. The first-order chi connectivity index (χ1) is 17.9. The number of aliphatic carboxylic acids is 1. The summed E-state index contributed by atoms with van der Waals surface area (Å²) in [6, 6.07) is 15.1. The van der Waals surface area contributed by atoms with Crippen LogP contribution in [0.2, 0.25) is 0 Å². The van der Waals surface area contributed by atoms with E-state index in [4.69, 9.17) is 14.6 Å². The summed E-state index contributed by atoms with van der Waals surface area (Å²) in [7, 11) is 0. The first kappa shape index (κ1) is 27.2. The molecule has 1 amide bonds. The number of amides is 1. The zero-order valence-corrected chi connectivity index (χ0v) is 20.9. The molecule has 0 aromatic heterocycles. The van der Waals surface area contributed by atoms with E-state index in [1.54, 1.807) is 0 Å². The summed E-state index contributed by atoms with van der Waals surface area (Å²) in [5, 5.41) is 30.9. The van der Waals surface area contributed by atoms with Gasteiger partial charge in [0.25, 0.3) is 0 Å². The molecule has 0 aliphatic carbocycles. The maximum Gasteiger partial charge on any atom is 0.303 e. The molecule has 37 heavy (non-hydrogen) atoms. The number of carbonyl (C=O) groups excluding carboxylic acids is 1. The van der Waals surface area contributed by atoms with Crippen molar-refractivity contribution in [2.45, 2.75) is 69.7 Å². The van der Waals surface area contributed by atoms with Crippen LogP contribution in [0.3, 0.4) is 0 Å². The molecule has 2 saturated heterocycles. The molecule has 0 spiro atoms. The average Bonchev–Trinajstić information content (AvgIpc) is 3.31. The summed E-state index contributed by atoms with van der Waals surface area (Å²) in [5.41, 5.74) is 3.35. The molecule has 4 atom stereocenters. The molecule has 9 heteroatoms. The van der Waals surface area contributed by atoms with E-state index in [1.165, 1.54) is 0 Å². The number of β-amino-alcohol motifs (C(OH)–C–C–N with tert-alkyl or cyclic N) is 1. The third-order valence-corrected chi connectivity index (χ3v) is 6.84. The van der Waals surface area contributed by atoms with E-state index < -0.39 is 12.3 Å². The van der Waals surface area contributed by atoms with Crippen molar-refractivity contribution < 1.29 is 34.4 Å². The molecular formula is C28H36N2O7. The van der Waals surface area contributed by atoms with Crippen LogP contribution in [0.4, 0.5) is 5.69 Å². The molecule has 2 fully saturated rings. The quantitative estimate of drug-likeness (QED) is 0.338. The fraction of sp³-hybridized carbons (Fsp3) is 0.500. The second-order valence-electron chi connectivity index (χ2n) is 9.82. The van der Waals surface area contributed by atoms with Gasteiger partial charge in [-0.1, -0.05) is 36.4 Å². The van der Waals surface area contributed by atoms with Gasteiger partial charge >= 0.3 is 5.97 Å². The molecule has 9 nitrogen and oxygen atoms in total. The van der Waals surface area contributed by atoms with E-state index in [1.807, 2.05) is 48.5 Å². The molecule has 200 valence electrons. The molecule has 2 aromatic rings. The van der Waals surface area contributed by atoms with Crippen molar-refractivity contribution in [2.24, 2.45) is 0 Å². The Morgan fingerprint density at radius 1 is 0.973 bits per heavy atom. The van der Waals surface area contributed by atoms with Gasteiger partial charge in [0.2, 0.25) is 5.91 Å². The fourth-order valence-corrected chi connectivity index (χ4v) is 4.81. The Hall–Kier alpha value is -2.82. The number of ether oxygens (including phenoxy) is 2. The number of benzene rings is 2. The van der Waals surface area contributed by atoms with Gasteiger partial charge in [0.05, 0.1) is 24.9 Å². The van der Waals surface area contributed by atoms with Gasteiger partial charge in [-0.15, -0.1) is 0 Å². The van der Waals surface area contributed by atoms with Crippen LogP contribution in [-0.2, 0) is 25.7 Å². The smallest absolute Gasteiger partial charge is 0.303 e. The second kappa shape index (κ2) is 13.1. The number of carboxylic acid groups (broad SMARTS) is 1. The largest absolute Gasteiger partial charge is 0.481 e. The van der Waals surface area contributed by atoms with Gasteiger partial charge in [-0.3, -0.25) is 14.5 Å². The average molecular weight is 513 g/mol. The number of carboxylic acids is 1. The number of hydrogen-bond acceptors (Lipinski definition) is 7. The normalized spacial score (nSPS) is 24.2. The Labute approximate surface area is 217 Å². The monoisotopic (exact) mass is 512 g/mol. The number of anilines is 1. The van der Waals surface area contributed by atoms with Crippen molar-refractivity contribution in [3.63, 3.8) is 0 Å². The molecule has 2 aliphatic heterocycles. The number of carbonyl (C=O) groups is 2. The van der Waals surface area contributed by atoms with Gasteiger partial charge in [0.15, 0.2) is 6.29 Å². The molecule has 2 heterocycles. The van der Waals surface area contributed by atoms with Crippen molar-refractivity contribution in [1.29, 1.82) is 0 Å². The van der Waals surface area contributed by atoms with Crippen LogP contribution < -0.4 is 5.32 Å². The van der Waals surface area contributed by atoms with Gasteiger partial charge in [0, 0.05) is 50.1 Å². The molecule has 0 unspecified atom stereocenters. The number of likely N-dealkylation sites (tertiary alicyclic amines) is 1. The maximum atomic E-state index is 12.2. The summed E-state index contributed by atoms with van der Waals surface area (Å²) in [6.07, 6.45) is 1.62. The summed E-state index contributed by atoms with van der Waals surface area (Å²) in [4.78, 5) is 25.0. The predicted molar refractivity (Wildman–Crippen MR) is 137 cm³/mol. The zero-order chi connectivity index (χ0) is 26.2. The Morgan fingerprint density at radius 2 is 1.68 bits per heavy atom. The van der Waals surface area contributed by atoms with Crippen LogP contribution in [0.1, 0.15) is 67.6 Å². The predicted octanol–water partition coefficient (Wildman–Crippen LogP) is 3.37. The number of nitrogens with one attached hydrogen (secondary N) is 1. The summed E-state index contributed by atoms with van der Waals surface area (Å²) in [6.45, 7) is 2.18. The van der Waals surface area contributed by atoms with E-state index in [0.717, 1.165) is 29.7 Å². The highest BCUT2D eigenvalue weighted by Crippen LogP contribution is 2.38. The number of rotatable bonds is 11. The van der Waals surface area contributed by atoms with Crippen LogP contribution >= 0.6 is 0 Å². The lowest BCUT2D eigenvalue weighted by atomic mass is 9.99. The van der Waals surface area contributed by atoms with Crippen LogP contribution in [0.15, 0.2) is 48.5 Å². The summed E-state index contributed by atoms with van der Waals surface area (Å²) < 4.78 is 12.7. The number of unbranched alkanes of at least 4 members (excludes halogenated alkanes) is 1. The number of hydrogen-bond donors (Lipinski definition) is 4. The van der Waals surface area contributed by atoms with Gasteiger partial charge in [-0.2, -0.15) is 0 Å². The van der Waals surface area contributed by atoms with E-state index in [-0.39, 0.29) is 43.7 Å². The van der Waals surface area contributed by atoms with Crippen molar-refractivity contribution >= 4 is 17.6 Å². The van der Waals surface area contributed by atoms with Crippen LogP contribution in [0.5, 0.6) is 0 Å². The van der Waals surface area contributed by atoms with Crippen molar-refractivity contribution in [3.8, 4) is 0 Å². The topological polar surface area (TPSA) is 129 Å². The highest BCUT2D eigenvalue weighted by atomic mass is 16.7. The fourth-order valence-electron chi connectivity index (χ4n) is 4.81. The van der Waals surface area contributed by atoms with E-state index in [9.17, 15) is 19.8 Å². The lowest BCUT2D eigenvalue weighted by Crippen LogP contribution is -2.38. The second-order valence-corrected chi connectivity index (χ2v) is 9.82. The van der Waals surface area contributed by atoms with Gasteiger partial charge in [0.1, 0.15) is 0 Å². The van der Waals surface area contributed by atoms with Crippen LogP contribution in [-0.4, -0.2) is 63.9 Å². The standard InChI is InChI=1S/C28H36N2O7/c31-18-19-5-7-20(8-6-19)25-15-24(17-30-14-13-23(32)16-30)36-28(37-25)21-9-11-22(12-10-21)29-26(33)3-1-2-4-27(34)35/h5-12,23-25,28,31-32H,1-4,13-18H2,(H,29,33)(H,34,35)/t23-,24-,25+,28+/m0/s1. The number of aliphatic hydroxyl groups is 2. The Bertz CT molecular complexity index is 1030. The minimum Gasteiger partial charge on any atom is -0.481 e. The van der Waals surface area contributed by atoms with Gasteiger partial charge in [-0.25, -0.2) is 0 Å². The lowest BCUT2D eigenvalue weighted by molar-refractivity contribution is -0.252. The molecule has 0 bridgehead atoms. The molecule has 4 N–H and O–H groups in total. The van der Waals surface area contributed by atoms with E-state index in [2.05, 4.69) is 10.2 Å². The molecule has 4 rings (SSSR count). The highest BCUT2D eigenvalue weighted by molar-refractivity contribution is 5.90. The molecule has 2 aliphatic rings. The Balaban J connectivity index is 1.40. The molecular weight excluding hydrogens is 476 g/mol. The zero-order valence-electron chi connectivity index (χ0n) is 20.9. The first-order valence-electron chi connectivity index (χ1n) is 12.9. The Morgan fingerprint density at radius 3 is 2.32 bits per heavy atom. The van der Waals surface area contributed by atoms with Crippen LogP contribution in [0.25, 0.3) is 0 Å². The Kier molecular flexibility index (Phi) is 9.65. The number of nitrogens with zero attached hydrogens (tertiary/aromatic N) is 1. The third kappa shape index (κ3) is 8.08. The van der Waals surface area contributed by atoms with Crippen molar-refractivity contribution in [1.82, 2.24) is 4.90 Å².